The minimum Gasteiger partial charge on any atom is -0.391 e. The lowest BCUT2D eigenvalue weighted by Crippen LogP contribution is -2.35. The molecule has 1 aromatic carbocycles. The highest BCUT2D eigenvalue weighted by Gasteiger charge is 2.28. The fourth-order valence-corrected chi connectivity index (χ4v) is 2.88. The monoisotopic (exact) mass is 332 g/mol. The van der Waals surface area contributed by atoms with Crippen LogP contribution >= 0.6 is 11.6 Å². The molecule has 2 heterocycles. The van der Waals surface area contributed by atoms with Crippen molar-refractivity contribution in [1.82, 2.24) is 10.3 Å². The number of esters is 2. The number of nitrogens with zero attached hydrogens (tertiary/aromatic N) is 1. The van der Waals surface area contributed by atoms with Crippen LogP contribution in [0.5, 0.6) is 0 Å². The number of benzene rings is 1. The summed E-state index contributed by atoms with van der Waals surface area (Å²) in [5.41, 5.74) is 1.78. The molecule has 23 heavy (non-hydrogen) atoms. The first-order chi connectivity index (χ1) is 11.1. The van der Waals surface area contributed by atoms with Gasteiger partial charge >= 0.3 is 11.9 Å². The summed E-state index contributed by atoms with van der Waals surface area (Å²) in [6.45, 7) is 0.767. The molecule has 1 aliphatic heterocycles. The molecule has 1 N–H and O–H groups in total. The lowest BCUT2D eigenvalue weighted by Gasteiger charge is -2.12. The number of hydrogen-bond acceptors (Lipinski definition) is 5. The third-order valence-electron chi connectivity index (χ3n) is 3.88. The second-order valence-electron chi connectivity index (χ2n) is 5.59. The van der Waals surface area contributed by atoms with Crippen LogP contribution in [0.15, 0.2) is 36.5 Å². The predicted molar refractivity (Wildman–Crippen MR) is 87.2 cm³/mol. The third kappa shape index (κ3) is 3.86. The van der Waals surface area contributed by atoms with Gasteiger partial charge in [-0.3, -0.25) is 4.98 Å². The van der Waals surface area contributed by atoms with Crippen molar-refractivity contribution in [3.05, 3.63) is 42.1 Å². The average Bonchev–Trinajstić information content (AvgIpc) is 3.09. The van der Waals surface area contributed by atoms with Gasteiger partial charge in [-0.25, -0.2) is 9.59 Å². The Bertz CT molecular complexity index is 729. The second kappa shape index (κ2) is 7.06. The van der Waals surface area contributed by atoms with Crippen LogP contribution in [-0.2, 0) is 20.7 Å². The number of alkyl halides is 1. The zero-order valence-corrected chi connectivity index (χ0v) is 13.3. The van der Waals surface area contributed by atoms with Crippen molar-refractivity contribution in [2.24, 2.45) is 0 Å². The number of aromatic nitrogens is 1. The number of pyridine rings is 1. The maximum absolute atomic E-state index is 12.0. The molecule has 2 aromatic rings. The molecule has 6 heteroatoms. The smallest absolute Gasteiger partial charge is 0.332 e. The molecule has 0 saturated carbocycles. The molecule has 1 aliphatic rings. The summed E-state index contributed by atoms with van der Waals surface area (Å²) >= 11 is 6.10. The minimum atomic E-state index is -0.894. The van der Waals surface area contributed by atoms with Crippen molar-refractivity contribution in [3.63, 3.8) is 0 Å². The number of carbonyl (C=O) groups is 2. The van der Waals surface area contributed by atoms with Crippen molar-refractivity contribution in [3.8, 4) is 0 Å². The van der Waals surface area contributed by atoms with Crippen molar-refractivity contribution >= 4 is 34.4 Å². The van der Waals surface area contributed by atoms with E-state index in [2.05, 4.69) is 10.3 Å². The fraction of sp³-hybridized carbons (Fsp3) is 0.353. The van der Waals surface area contributed by atoms with E-state index >= 15 is 0 Å². The predicted octanol–water partition coefficient (Wildman–Crippen LogP) is 2.21. The quantitative estimate of drug-likeness (QED) is 0.528. The number of rotatable bonds is 4. The summed E-state index contributed by atoms with van der Waals surface area (Å²) in [6, 6.07) is 9.10. The molecular weight excluding hydrogens is 316 g/mol. The second-order valence-corrected chi connectivity index (χ2v) is 6.12. The molecule has 0 radical (unpaired) electrons. The standard InChI is InChI=1S/C17H17ClN2O3/c18-13(16(21)23-17(22)15-4-2-8-20-15)10-11-5-6-14-12(9-11)3-1-7-19-14/h1,3,5-7,9,13,15,20H,2,4,8,10H2/t13?,15-/m0/s1. The molecule has 1 aromatic heterocycles. The Morgan fingerprint density at radius 1 is 1.39 bits per heavy atom. The van der Waals surface area contributed by atoms with Gasteiger partial charge in [0, 0.05) is 11.6 Å². The Balaban J connectivity index is 1.61. The summed E-state index contributed by atoms with van der Waals surface area (Å²) in [4.78, 5) is 28.0. The first-order valence-corrected chi connectivity index (χ1v) is 8.04. The van der Waals surface area contributed by atoms with Crippen LogP contribution in [-0.4, -0.2) is 34.9 Å². The summed E-state index contributed by atoms with van der Waals surface area (Å²) in [5.74, 6) is -1.24. The van der Waals surface area contributed by atoms with Gasteiger partial charge in [0.15, 0.2) is 0 Å². The zero-order chi connectivity index (χ0) is 16.2. The van der Waals surface area contributed by atoms with Gasteiger partial charge in [-0.15, -0.1) is 11.6 Å². The maximum atomic E-state index is 12.0. The van der Waals surface area contributed by atoms with E-state index in [0.717, 1.165) is 29.4 Å². The van der Waals surface area contributed by atoms with Crippen LogP contribution in [0.3, 0.4) is 0 Å². The molecule has 1 fully saturated rings. The van der Waals surface area contributed by atoms with E-state index < -0.39 is 23.4 Å². The third-order valence-corrected chi connectivity index (χ3v) is 4.22. The van der Waals surface area contributed by atoms with Crippen molar-refractivity contribution in [2.75, 3.05) is 6.54 Å². The molecular formula is C17H17ClN2O3. The highest BCUT2D eigenvalue weighted by Crippen LogP contribution is 2.17. The Morgan fingerprint density at radius 3 is 3.04 bits per heavy atom. The van der Waals surface area contributed by atoms with Crippen molar-refractivity contribution in [2.45, 2.75) is 30.7 Å². The minimum absolute atomic E-state index is 0.302. The Kier molecular flexibility index (Phi) is 4.88. The Labute approximate surface area is 139 Å². The van der Waals surface area contributed by atoms with E-state index in [4.69, 9.17) is 16.3 Å². The van der Waals surface area contributed by atoms with E-state index in [9.17, 15) is 9.59 Å². The summed E-state index contributed by atoms with van der Waals surface area (Å²) in [5, 5.41) is 3.08. The number of halogens is 1. The molecule has 0 amide bonds. The van der Waals surface area contributed by atoms with Crippen LogP contribution in [0.25, 0.3) is 10.9 Å². The van der Waals surface area contributed by atoms with Gasteiger partial charge in [-0.05, 0) is 49.6 Å². The fourth-order valence-electron chi connectivity index (χ4n) is 2.66. The van der Waals surface area contributed by atoms with Gasteiger partial charge in [-0.2, -0.15) is 0 Å². The number of fused-ring (bicyclic) bond motifs is 1. The van der Waals surface area contributed by atoms with E-state index in [0.29, 0.717) is 12.8 Å². The van der Waals surface area contributed by atoms with Gasteiger partial charge in [-0.1, -0.05) is 12.1 Å². The Morgan fingerprint density at radius 2 is 2.26 bits per heavy atom. The molecule has 1 unspecified atom stereocenters. The largest absolute Gasteiger partial charge is 0.391 e. The number of hydrogen-bond donors (Lipinski definition) is 1. The topological polar surface area (TPSA) is 68.3 Å². The Hall–Kier alpha value is -1.98. The lowest BCUT2D eigenvalue weighted by atomic mass is 10.1. The van der Waals surface area contributed by atoms with E-state index in [1.807, 2.05) is 30.3 Å². The van der Waals surface area contributed by atoms with E-state index in [-0.39, 0.29) is 0 Å². The maximum Gasteiger partial charge on any atom is 0.332 e. The highest BCUT2D eigenvalue weighted by atomic mass is 35.5. The molecule has 1 saturated heterocycles. The van der Waals surface area contributed by atoms with Crippen molar-refractivity contribution < 1.29 is 14.3 Å². The number of ether oxygens (including phenoxy) is 1. The highest BCUT2D eigenvalue weighted by molar-refractivity contribution is 6.30. The molecule has 0 bridgehead atoms. The van der Waals surface area contributed by atoms with Crippen LogP contribution in [0.2, 0.25) is 0 Å². The average molecular weight is 333 g/mol. The first-order valence-electron chi connectivity index (χ1n) is 7.60. The summed E-state index contributed by atoms with van der Waals surface area (Å²) in [6.07, 6.45) is 3.63. The van der Waals surface area contributed by atoms with Gasteiger partial charge in [0.05, 0.1) is 5.52 Å². The van der Waals surface area contributed by atoms with Crippen LogP contribution in [0.4, 0.5) is 0 Å². The normalized spacial score (nSPS) is 18.7. The SMILES string of the molecule is O=C(OC(=O)[C@@H]1CCCN1)C(Cl)Cc1ccc2ncccc2c1. The molecule has 120 valence electrons. The van der Waals surface area contributed by atoms with Crippen LogP contribution in [0, 0.1) is 0 Å². The zero-order valence-electron chi connectivity index (χ0n) is 12.5. The molecule has 0 aliphatic carbocycles. The van der Waals surface area contributed by atoms with E-state index in [1.54, 1.807) is 6.20 Å². The van der Waals surface area contributed by atoms with Gasteiger partial charge in [0.2, 0.25) is 0 Å². The number of carbonyl (C=O) groups excluding carboxylic acids is 2. The van der Waals surface area contributed by atoms with E-state index in [1.165, 1.54) is 0 Å². The molecule has 0 spiro atoms. The van der Waals surface area contributed by atoms with Crippen LogP contribution in [0.1, 0.15) is 18.4 Å². The molecule has 5 nitrogen and oxygen atoms in total. The molecule has 2 atom stereocenters. The van der Waals surface area contributed by atoms with Gasteiger partial charge < -0.3 is 10.1 Å². The molecule has 3 rings (SSSR count). The number of nitrogens with one attached hydrogen (secondary N) is 1. The van der Waals surface area contributed by atoms with Gasteiger partial charge in [0.25, 0.3) is 0 Å². The van der Waals surface area contributed by atoms with Gasteiger partial charge in [0.1, 0.15) is 11.4 Å². The van der Waals surface area contributed by atoms with Crippen molar-refractivity contribution in [1.29, 1.82) is 0 Å². The summed E-state index contributed by atoms with van der Waals surface area (Å²) in [7, 11) is 0. The first kappa shape index (κ1) is 15.9. The van der Waals surface area contributed by atoms with Crippen LogP contribution < -0.4 is 5.32 Å². The summed E-state index contributed by atoms with van der Waals surface area (Å²) < 4.78 is 4.87. The lowest BCUT2D eigenvalue weighted by molar-refractivity contribution is -0.160.